The Hall–Kier alpha value is -1.09. The van der Waals surface area contributed by atoms with Crippen LogP contribution >= 0.6 is 11.6 Å². The Morgan fingerprint density at radius 2 is 2.00 bits per heavy atom. The standard InChI is InChI=1S/C12H16ClNO2/c1-7(2)14-9(4)5-8(3)10(12(14)16)6-11(13)15/h5,7H,6H2,1-4H3. The van der Waals surface area contributed by atoms with E-state index in [2.05, 4.69) is 0 Å². The minimum atomic E-state index is -0.501. The van der Waals surface area contributed by atoms with E-state index in [1.165, 1.54) is 0 Å². The van der Waals surface area contributed by atoms with Gasteiger partial charge in [-0.2, -0.15) is 0 Å². The number of aryl methyl sites for hydroxylation is 2. The highest BCUT2D eigenvalue weighted by atomic mass is 35.5. The molecule has 0 amide bonds. The molecule has 0 aliphatic carbocycles. The van der Waals surface area contributed by atoms with Crippen LogP contribution < -0.4 is 5.56 Å². The van der Waals surface area contributed by atoms with E-state index in [1.54, 1.807) is 4.57 Å². The van der Waals surface area contributed by atoms with Gasteiger partial charge in [-0.3, -0.25) is 9.59 Å². The van der Waals surface area contributed by atoms with Crippen molar-refractivity contribution in [1.82, 2.24) is 4.57 Å². The molecule has 0 unspecified atom stereocenters. The third-order valence-corrected chi connectivity index (χ3v) is 2.72. The van der Waals surface area contributed by atoms with E-state index in [9.17, 15) is 9.59 Å². The predicted molar refractivity (Wildman–Crippen MR) is 65.1 cm³/mol. The van der Waals surface area contributed by atoms with Crippen molar-refractivity contribution in [3.8, 4) is 0 Å². The van der Waals surface area contributed by atoms with Crippen LogP contribution in [0.1, 0.15) is 36.7 Å². The van der Waals surface area contributed by atoms with Gasteiger partial charge in [-0.25, -0.2) is 0 Å². The van der Waals surface area contributed by atoms with Crippen molar-refractivity contribution in [3.63, 3.8) is 0 Å². The lowest BCUT2D eigenvalue weighted by molar-refractivity contribution is -0.111. The van der Waals surface area contributed by atoms with Crippen LogP contribution in [0.25, 0.3) is 0 Å². The van der Waals surface area contributed by atoms with Crippen LogP contribution in [0, 0.1) is 13.8 Å². The molecule has 0 N–H and O–H groups in total. The molecule has 0 aliphatic rings. The molecular weight excluding hydrogens is 226 g/mol. The fourth-order valence-electron chi connectivity index (χ4n) is 1.94. The van der Waals surface area contributed by atoms with E-state index in [-0.39, 0.29) is 18.0 Å². The molecule has 0 atom stereocenters. The van der Waals surface area contributed by atoms with Crippen molar-refractivity contribution in [1.29, 1.82) is 0 Å². The third kappa shape index (κ3) is 2.53. The summed E-state index contributed by atoms with van der Waals surface area (Å²) in [5.41, 5.74) is 2.12. The predicted octanol–water partition coefficient (Wildman–Crippen LogP) is 2.35. The lowest BCUT2D eigenvalue weighted by Gasteiger charge is -2.16. The van der Waals surface area contributed by atoms with Crippen molar-refractivity contribution < 1.29 is 4.79 Å². The molecule has 88 valence electrons. The summed E-state index contributed by atoms with van der Waals surface area (Å²) in [6.07, 6.45) is -0.000772. The maximum atomic E-state index is 12.1. The molecule has 0 fully saturated rings. The van der Waals surface area contributed by atoms with Crippen LogP contribution in [-0.2, 0) is 11.2 Å². The highest BCUT2D eigenvalue weighted by Gasteiger charge is 2.14. The Labute approximate surface area is 100 Å². The van der Waals surface area contributed by atoms with Crippen LogP contribution in [0.3, 0.4) is 0 Å². The lowest BCUT2D eigenvalue weighted by Crippen LogP contribution is -2.29. The largest absolute Gasteiger partial charge is 0.310 e. The SMILES string of the molecule is Cc1cc(C)n(C(C)C)c(=O)c1CC(=O)Cl. The molecule has 0 spiro atoms. The van der Waals surface area contributed by atoms with Gasteiger partial charge < -0.3 is 4.57 Å². The molecule has 0 saturated heterocycles. The normalized spacial score (nSPS) is 10.9. The number of hydrogen-bond donors (Lipinski definition) is 0. The summed E-state index contributed by atoms with van der Waals surface area (Å²) in [6.45, 7) is 7.60. The minimum Gasteiger partial charge on any atom is -0.310 e. The third-order valence-electron chi connectivity index (χ3n) is 2.59. The number of aromatic nitrogens is 1. The Bertz CT molecular complexity index is 475. The first-order valence-corrected chi connectivity index (χ1v) is 5.62. The number of carbonyl (C=O) groups excluding carboxylic acids is 1. The van der Waals surface area contributed by atoms with Crippen molar-refractivity contribution in [2.45, 2.75) is 40.2 Å². The van der Waals surface area contributed by atoms with E-state index < -0.39 is 5.24 Å². The first-order chi connectivity index (χ1) is 7.34. The second kappa shape index (κ2) is 4.83. The summed E-state index contributed by atoms with van der Waals surface area (Å²) < 4.78 is 1.68. The highest BCUT2D eigenvalue weighted by Crippen LogP contribution is 2.12. The Morgan fingerprint density at radius 1 is 1.44 bits per heavy atom. The van der Waals surface area contributed by atoms with Gasteiger partial charge in [0, 0.05) is 17.3 Å². The van der Waals surface area contributed by atoms with Gasteiger partial charge in [0.1, 0.15) is 0 Å². The molecule has 16 heavy (non-hydrogen) atoms. The van der Waals surface area contributed by atoms with E-state index in [1.807, 2.05) is 33.8 Å². The molecule has 0 bridgehead atoms. The summed E-state index contributed by atoms with van der Waals surface area (Å²) in [7, 11) is 0. The van der Waals surface area contributed by atoms with E-state index in [0.29, 0.717) is 5.56 Å². The molecule has 3 nitrogen and oxygen atoms in total. The van der Waals surface area contributed by atoms with Gasteiger partial charge in [0.05, 0.1) is 6.42 Å². The number of pyridine rings is 1. The minimum absolute atomic E-state index is 0.000772. The van der Waals surface area contributed by atoms with Gasteiger partial charge >= 0.3 is 0 Å². The summed E-state index contributed by atoms with van der Waals surface area (Å²) in [4.78, 5) is 23.0. The summed E-state index contributed by atoms with van der Waals surface area (Å²) in [6, 6.07) is 1.99. The van der Waals surface area contributed by atoms with Gasteiger partial charge in [-0.1, -0.05) is 0 Å². The molecule has 1 heterocycles. The van der Waals surface area contributed by atoms with Gasteiger partial charge in [0.15, 0.2) is 0 Å². The zero-order valence-electron chi connectivity index (χ0n) is 10.0. The van der Waals surface area contributed by atoms with Gasteiger partial charge in [-0.15, -0.1) is 0 Å². The summed E-state index contributed by atoms with van der Waals surface area (Å²) in [5, 5.41) is -0.501. The molecule has 0 aromatic carbocycles. The van der Waals surface area contributed by atoms with Crippen LogP contribution in [0.2, 0.25) is 0 Å². The molecule has 0 saturated carbocycles. The molecule has 1 rings (SSSR count). The van der Waals surface area contributed by atoms with Gasteiger partial charge in [0.25, 0.3) is 5.56 Å². The Kier molecular flexibility index (Phi) is 3.92. The second-order valence-electron chi connectivity index (χ2n) is 4.25. The lowest BCUT2D eigenvalue weighted by atomic mass is 10.1. The van der Waals surface area contributed by atoms with Gasteiger partial charge in [-0.05, 0) is 50.9 Å². The fourth-order valence-corrected chi connectivity index (χ4v) is 2.07. The molecule has 1 aromatic rings. The fraction of sp³-hybridized carbons (Fsp3) is 0.500. The molecule has 4 heteroatoms. The number of halogens is 1. The smallest absolute Gasteiger partial charge is 0.254 e. The quantitative estimate of drug-likeness (QED) is 0.762. The van der Waals surface area contributed by atoms with E-state index >= 15 is 0 Å². The Balaban J connectivity index is 3.45. The Morgan fingerprint density at radius 3 is 2.44 bits per heavy atom. The van der Waals surface area contributed by atoms with E-state index in [0.717, 1.165) is 11.3 Å². The maximum Gasteiger partial charge on any atom is 0.254 e. The van der Waals surface area contributed by atoms with Gasteiger partial charge in [0.2, 0.25) is 5.24 Å². The molecule has 0 radical (unpaired) electrons. The molecular formula is C12H16ClNO2. The van der Waals surface area contributed by atoms with Crippen molar-refractivity contribution in [2.75, 3.05) is 0 Å². The average Bonchev–Trinajstić information content (AvgIpc) is 2.10. The van der Waals surface area contributed by atoms with Crippen LogP contribution in [0.15, 0.2) is 10.9 Å². The maximum absolute atomic E-state index is 12.1. The van der Waals surface area contributed by atoms with Crippen molar-refractivity contribution in [3.05, 3.63) is 33.2 Å². The highest BCUT2D eigenvalue weighted by molar-refractivity contribution is 6.63. The van der Waals surface area contributed by atoms with Crippen molar-refractivity contribution >= 4 is 16.8 Å². The molecule has 0 aliphatic heterocycles. The van der Waals surface area contributed by atoms with E-state index in [4.69, 9.17) is 11.6 Å². The number of rotatable bonds is 3. The second-order valence-corrected chi connectivity index (χ2v) is 4.67. The number of hydrogen-bond acceptors (Lipinski definition) is 2. The first kappa shape index (κ1) is 13.0. The summed E-state index contributed by atoms with van der Waals surface area (Å²) in [5.74, 6) is 0. The van der Waals surface area contributed by atoms with Crippen LogP contribution in [-0.4, -0.2) is 9.81 Å². The number of nitrogens with zero attached hydrogens (tertiary/aromatic N) is 1. The molecule has 1 aromatic heterocycles. The summed E-state index contributed by atoms with van der Waals surface area (Å²) >= 11 is 5.34. The zero-order valence-corrected chi connectivity index (χ0v) is 10.8. The van der Waals surface area contributed by atoms with Crippen LogP contribution in [0.5, 0.6) is 0 Å². The van der Waals surface area contributed by atoms with Crippen molar-refractivity contribution in [2.24, 2.45) is 0 Å². The average molecular weight is 242 g/mol. The zero-order chi connectivity index (χ0) is 12.5. The number of carbonyl (C=O) groups is 1. The van der Waals surface area contributed by atoms with Crippen LogP contribution in [0.4, 0.5) is 0 Å². The first-order valence-electron chi connectivity index (χ1n) is 5.24. The monoisotopic (exact) mass is 241 g/mol. The topological polar surface area (TPSA) is 39.1 Å².